The van der Waals surface area contributed by atoms with Crippen LogP contribution in [0.3, 0.4) is 0 Å². The number of rotatable bonds is 7. The van der Waals surface area contributed by atoms with Gasteiger partial charge >= 0.3 is 5.97 Å². The fourth-order valence-corrected chi connectivity index (χ4v) is 10.5. The molecule has 6 heteroatoms. The number of amides is 1. The van der Waals surface area contributed by atoms with Gasteiger partial charge in [-0.2, -0.15) is 0 Å². The molecule has 6 aliphatic carbocycles. The van der Waals surface area contributed by atoms with Crippen LogP contribution < -0.4 is 5.32 Å². The third-order valence-electron chi connectivity index (χ3n) is 12.6. The number of fused-ring (bicyclic) bond motifs is 2. The molecule has 0 aliphatic heterocycles. The van der Waals surface area contributed by atoms with E-state index in [1.165, 1.54) is 57.4 Å². The molecule has 1 aromatic heterocycles. The van der Waals surface area contributed by atoms with E-state index < -0.39 is 5.97 Å². The van der Waals surface area contributed by atoms with Crippen molar-refractivity contribution in [2.75, 3.05) is 5.32 Å². The fraction of sp³-hybridized carbons (Fsp3) is 0.667. The highest BCUT2D eigenvalue weighted by Crippen LogP contribution is 2.70. The standard InChI is InChI=1S/C33H43N3O3/c1-31(2)23-7-9-32(31,3)25(15-23)28-35-26(8-10-33-16-19-11-20(17-33)13-21(12-19)18-33)27(36-28)29(37)34-24-6-4-5-22(14-24)30(38)39/h4-6,14,19-21,23,25H,7-13,15-18H2,1-3H3,(H,34,37)(H,35,36)(H,38,39)/t19?,20?,21?,23?,25-,32-,33?/m0/s1. The number of imidazole rings is 1. The van der Waals surface area contributed by atoms with Crippen molar-refractivity contribution in [2.45, 2.75) is 97.3 Å². The number of hydrogen-bond donors (Lipinski definition) is 3. The first-order valence-corrected chi connectivity index (χ1v) is 15.3. The Hall–Kier alpha value is -2.63. The largest absolute Gasteiger partial charge is 0.478 e. The summed E-state index contributed by atoms with van der Waals surface area (Å²) < 4.78 is 0. The highest BCUT2D eigenvalue weighted by molar-refractivity contribution is 6.04. The molecule has 1 heterocycles. The van der Waals surface area contributed by atoms with Crippen molar-refractivity contribution in [2.24, 2.45) is 39.9 Å². The van der Waals surface area contributed by atoms with Crippen molar-refractivity contribution in [1.29, 1.82) is 0 Å². The first-order chi connectivity index (χ1) is 18.6. The maximum absolute atomic E-state index is 13.7. The van der Waals surface area contributed by atoms with Crippen molar-refractivity contribution < 1.29 is 14.7 Å². The number of carbonyl (C=O) groups excluding carboxylic acids is 1. The quantitative estimate of drug-likeness (QED) is 0.347. The Morgan fingerprint density at radius 2 is 1.74 bits per heavy atom. The van der Waals surface area contributed by atoms with Gasteiger partial charge in [-0.3, -0.25) is 4.79 Å². The van der Waals surface area contributed by atoms with E-state index in [1.807, 2.05) is 0 Å². The molecule has 3 N–H and O–H groups in total. The molecule has 6 bridgehead atoms. The van der Waals surface area contributed by atoms with E-state index in [1.54, 1.807) is 18.2 Å². The van der Waals surface area contributed by atoms with Gasteiger partial charge in [-0.1, -0.05) is 26.8 Å². The molecule has 1 amide bonds. The zero-order valence-corrected chi connectivity index (χ0v) is 23.7. The van der Waals surface area contributed by atoms with Gasteiger partial charge in [-0.25, -0.2) is 9.78 Å². The Morgan fingerprint density at radius 3 is 2.33 bits per heavy atom. The van der Waals surface area contributed by atoms with Gasteiger partial charge in [-0.05, 0) is 129 Å². The Balaban J connectivity index is 1.18. The van der Waals surface area contributed by atoms with Crippen LogP contribution in [0.5, 0.6) is 0 Å². The number of anilines is 1. The van der Waals surface area contributed by atoms with E-state index in [0.29, 0.717) is 28.6 Å². The Morgan fingerprint density at radius 1 is 1.05 bits per heavy atom. The second-order valence-corrected chi connectivity index (χ2v) is 14.9. The zero-order valence-electron chi connectivity index (χ0n) is 23.7. The average Bonchev–Trinajstić information content (AvgIpc) is 3.46. The van der Waals surface area contributed by atoms with Crippen molar-refractivity contribution in [3.63, 3.8) is 0 Å². The van der Waals surface area contributed by atoms with Crippen molar-refractivity contribution >= 4 is 17.6 Å². The van der Waals surface area contributed by atoms with Crippen LogP contribution in [0.15, 0.2) is 24.3 Å². The van der Waals surface area contributed by atoms with E-state index >= 15 is 0 Å². The number of benzene rings is 1. The molecule has 6 nitrogen and oxygen atoms in total. The minimum absolute atomic E-state index is 0.162. The predicted octanol–water partition coefficient (Wildman–Crippen LogP) is 7.44. The molecule has 1 unspecified atom stereocenters. The molecule has 39 heavy (non-hydrogen) atoms. The molecular weight excluding hydrogens is 486 g/mol. The summed E-state index contributed by atoms with van der Waals surface area (Å²) in [6.45, 7) is 7.27. The van der Waals surface area contributed by atoms with Crippen LogP contribution >= 0.6 is 0 Å². The van der Waals surface area contributed by atoms with Gasteiger partial charge in [0.2, 0.25) is 0 Å². The summed E-state index contributed by atoms with van der Waals surface area (Å²) in [4.78, 5) is 34.0. The van der Waals surface area contributed by atoms with Crippen LogP contribution in [-0.4, -0.2) is 27.0 Å². The number of nitrogens with one attached hydrogen (secondary N) is 2. The lowest BCUT2D eigenvalue weighted by atomic mass is 9.48. The van der Waals surface area contributed by atoms with Crippen LogP contribution in [0.1, 0.15) is 123 Å². The van der Waals surface area contributed by atoms with E-state index in [2.05, 4.69) is 31.1 Å². The highest BCUT2D eigenvalue weighted by atomic mass is 16.4. The van der Waals surface area contributed by atoms with Crippen LogP contribution in [0, 0.1) is 39.9 Å². The normalized spacial score (nSPS) is 37.4. The number of aryl methyl sites for hydroxylation is 1. The van der Waals surface area contributed by atoms with E-state index in [4.69, 9.17) is 4.98 Å². The summed E-state index contributed by atoms with van der Waals surface area (Å²) in [5, 5.41) is 12.4. The zero-order chi connectivity index (χ0) is 27.2. The predicted molar refractivity (Wildman–Crippen MR) is 151 cm³/mol. The van der Waals surface area contributed by atoms with Gasteiger partial charge in [-0.15, -0.1) is 0 Å². The monoisotopic (exact) mass is 529 g/mol. The summed E-state index contributed by atoms with van der Waals surface area (Å²) in [6.07, 6.45) is 14.0. The van der Waals surface area contributed by atoms with Crippen LogP contribution in [-0.2, 0) is 6.42 Å². The third-order valence-corrected chi connectivity index (χ3v) is 12.6. The van der Waals surface area contributed by atoms with E-state index in [0.717, 1.165) is 48.5 Å². The van der Waals surface area contributed by atoms with Gasteiger partial charge in [0.15, 0.2) is 0 Å². The van der Waals surface area contributed by atoms with Gasteiger partial charge in [0, 0.05) is 17.3 Å². The maximum atomic E-state index is 13.7. The summed E-state index contributed by atoms with van der Waals surface area (Å²) in [6, 6.07) is 6.47. The van der Waals surface area contributed by atoms with Gasteiger partial charge in [0.25, 0.3) is 5.91 Å². The third kappa shape index (κ3) is 3.99. The second-order valence-electron chi connectivity index (χ2n) is 14.9. The topological polar surface area (TPSA) is 95.1 Å². The molecule has 0 saturated heterocycles. The van der Waals surface area contributed by atoms with Crippen molar-refractivity contribution in [3.8, 4) is 0 Å². The first kappa shape index (κ1) is 25.3. The molecule has 3 atom stereocenters. The fourth-order valence-electron chi connectivity index (χ4n) is 10.5. The van der Waals surface area contributed by atoms with E-state index in [9.17, 15) is 14.7 Å². The summed E-state index contributed by atoms with van der Waals surface area (Å²) >= 11 is 0. The number of aromatic carboxylic acids is 1. The summed E-state index contributed by atoms with van der Waals surface area (Å²) in [5.41, 5.74) is 3.00. The Kier molecular flexibility index (Phi) is 5.64. The number of nitrogens with zero attached hydrogens (tertiary/aromatic N) is 1. The molecule has 6 aliphatic rings. The van der Waals surface area contributed by atoms with Crippen LogP contribution in [0.25, 0.3) is 0 Å². The number of carboxylic acid groups (broad SMARTS) is 1. The average molecular weight is 530 g/mol. The minimum atomic E-state index is -1.00. The summed E-state index contributed by atoms with van der Waals surface area (Å²) in [5.74, 6) is 3.50. The lowest BCUT2D eigenvalue weighted by Gasteiger charge is -2.57. The molecular formula is C33H43N3O3. The minimum Gasteiger partial charge on any atom is -0.478 e. The van der Waals surface area contributed by atoms with Crippen LogP contribution in [0.2, 0.25) is 0 Å². The lowest BCUT2D eigenvalue weighted by Crippen LogP contribution is -2.46. The van der Waals surface area contributed by atoms with Crippen LogP contribution in [0.4, 0.5) is 5.69 Å². The van der Waals surface area contributed by atoms with Crippen molar-refractivity contribution in [1.82, 2.24) is 9.97 Å². The molecule has 8 rings (SSSR count). The number of aromatic amines is 1. The number of aromatic nitrogens is 2. The molecule has 0 spiro atoms. The number of carbonyl (C=O) groups is 2. The lowest BCUT2D eigenvalue weighted by molar-refractivity contribution is -0.0570. The second kappa shape index (κ2) is 8.68. The molecule has 6 saturated carbocycles. The molecule has 2 aromatic rings. The first-order valence-electron chi connectivity index (χ1n) is 15.3. The number of hydrogen-bond acceptors (Lipinski definition) is 3. The summed E-state index contributed by atoms with van der Waals surface area (Å²) in [7, 11) is 0. The van der Waals surface area contributed by atoms with E-state index in [-0.39, 0.29) is 22.3 Å². The molecule has 0 radical (unpaired) electrons. The molecule has 6 fully saturated rings. The number of carboxylic acids is 1. The highest BCUT2D eigenvalue weighted by Gasteiger charge is 2.62. The smallest absolute Gasteiger partial charge is 0.335 e. The SMILES string of the molecule is CC1(C)C2CC[C@@]1(C)[C@H](c1nc(C(=O)Nc3cccc(C(=O)O)c3)c(CCC34CC5CC(CC(C5)C3)C4)[nH]1)C2. The Labute approximate surface area is 231 Å². The molecule has 208 valence electrons. The van der Waals surface area contributed by atoms with Gasteiger partial charge in [0.1, 0.15) is 11.5 Å². The Bertz CT molecular complexity index is 1290. The maximum Gasteiger partial charge on any atom is 0.335 e. The number of H-pyrrole nitrogens is 1. The molecule has 1 aromatic carbocycles. The van der Waals surface area contributed by atoms with Gasteiger partial charge in [0.05, 0.1) is 5.56 Å². The van der Waals surface area contributed by atoms with Crippen molar-refractivity contribution in [3.05, 3.63) is 47.0 Å². The van der Waals surface area contributed by atoms with Gasteiger partial charge < -0.3 is 15.4 Å².